The molecular weight excluding hydrogens is 342 g/mol. The summed E-state index contributed by atoms with van der Waals surface area (Å²) < 4.78 is 11.8. The predicted octanol–water partition coefficient (Wildman–Crippen LogP) is 5.32. The van der Waals surface area contributed by atoms with Crippen LogP contribution in [0.2, 0.25) is 0 Å². The van der Waals surface area contributed by atoms with Gasteiger partial charge in [-0.15, -0.1) is 11.3 Å². The second-order valence-electron chi connectivity index (χ2n) is 6.17. The van der Waals surface area contributed by atoms with Gasteiger partial charge in [0.25, 0.3) is 0 Å². The minimum absolute atomic E-state index is 0.539. The molecule has 0 saturated carbocycles. The van der Waals surface area contributed by atoms with Crippen molar-refractivity contribution in [3.8, 4) is 11.5 Å². The second-order valence-corrected chi connectivity index (χ2v) is 7.21. The second kappa shape index (κ2) is 9.41. The Labute approximate surface area is 159 Å². The van der Waals surface area contributed by atoms with Crippen molar-refractivity contribution in [3.05, 3.63) is 81.5 Å². The Bertz CT molecular complexity index is 815. The molecule has 0 aliphatic carbocycles. The lowest BCUT2D eigenvalue weighted by Crippen LogP contribution is -2.12. The maximum atomic E-state index is 6.01. The summed E-state index contributed by atoms with van der Waals surface area (Å²) in [5.74, 6) is 1.59. The van der Waals surface area contributed by atoms with E-state index in [9.17, 15) is 0 Å². The van der Waals surface area contributed by atoms with Crippen molar-refractivity contribution in [2.24, 2.45) is 0 Å². The van der Waals surface area contributed by atoms with Gasteiger partial charge in [0.05, 0.1) is 6.61 Å². The van der Waals surface area contributed by atoms with Gasteiger partial charge in [0.2, 0.25) is 0 Å². The molecule has 3 aromatic rings. The molecule has 0 spiro atoms. The highest BCUT2D eigenvalue weighted by Crippen LogP contribution is 2.29. The van der Waals surface area contributed by atoms with Crippen molar-refractivity contribution in [2.45, 2.75) is 33.5 Å². The molecule has 3 nitrogen and oxygen atoms in total. The van der Waals surface area contributed by atoms with Crippen LogP contribution < -0.4 is 14.8 Å². The third-order valence-electron chi connectivity index (χ3n) is 3.99. The lowest BCUT2D eigenvalue weighted by molar-refractivity contribution is 0.269. The lowest BCUT2D eigenvalue weighted by atomic mass is 10.1. The van der Waals surface area contributed by atoms with Crippen LogP contribution >= 0.6 is 11.3 Å². The molecule has 0 fully saturated rings. The van der Waals surface area contributed by atoms with Crippen molar-refractivity contribution >= 4 is 11.3 Å². The molecule has 136 valence electrons. The minimum atomic E-state index is 0.539. The molecular formula is C22H25NO2S. The summed E-state index contributed by atoms with van der Waals surface area (Å²) >= 11 is 1.77. The number of nitrogens with one attached hydrogen (secondary N) is 1. The zero-order chi connectivity index (χ0) is 18.2. The number of hydrogen-bond donors (Lipinski definition) is 1. The minimum Gasteiger partial charge on any atom is -0.490 e. The summed E-state index contributed by atoms with van der Waals surface area (Å²) in [5, 5.41) is 5.57. The number of rotatable bonds is 9. The molecule has 4 heteroatoms. The summed E-state index contributed by atoms with van der Waals surface area (Å²) in [5.41, 5.74) is 3.59. The highest BCUT2D eigenvalue weighted by Gasteiger charge is 2.07. The van der Waals surface area contributed by atoms with Gasteiger partial charge in [-0.3, -0.25) is 0 Å². The molecule has 3 rings (SSSR count). The van der Waals surface area contributed by atoms with Crippen molar-refractivity contribution in [1.29, 1.82) is 0 Å². The van der Waals surface area contributed by atoms with Crippen LogP contribution in [0.25, 0.3) is 0 Å². The van der Waals surface area contributed by atoms with Gasteiger partial charge in [-0.05, 0) is 48.6 Å². The van der Waals surface area contributed by atoms with E-state index in [1.807, 2.05) is 13.0 Å². The summed E-state index contributed by atoms with van der Waals surface area (Å²) in [6.45, 7) is 6.92. The predicted molar refractivity (Wildman–Crippen MR) is 108 cm³/mol. The third kappa shape index (κ3) is 5.35. The van der Waals surface area contributed by atoms with E-state index in [0.717, 1.165) is 30.2 Å². The molecule has 0 saturated heterocycles. The van der Waals surface area contributed by atoms with Crippen LogP contribution in [0.1, 0.15) is 28.5 Å². The molecule has 0 aliphatic rings. The Balaban J connectivity index is 1.61. The first-order valence-electron chi connectivity index (χ1n) is 8.92. The fourth-order valence-corrected chi connectivity index (χ4v) is 3.43. The number of benzene rings is 2. The van der Waals surface area contributed by atoms with E-state index >= 15 is 0 Å². The maximum absolute atomic E-state index is 6.01. The van der Waals surface area contributed by atoms with Crippen molar-refractivity contribution in [3.63, 3.8) is 0 Å². The fraction of sp³-hybridized carbons (Fsp3) is 0.273. The first kappa shape index (κ1) is 18.5. The van der Waals surface area contributed by atoms with Crippen molar-refractivity contribution in [1.82, 2.24) is 5.32 Å². The molecule has 0 unspecified atom stereocenters. The number of aryl methyl sites for hydroxylation is 1. The standard InChI is InChI=1S/C22H25NO2S/c1-3-24-22-13-18(14-23-15-20-8-5-11-26-20)9-10-21(22)25-16-19-7-4-6-17(2)12-19/h4-13,23H,3,14-16H2,1-2H3. The summed E-state index contributed by atoms with van der Waals surface area (Å²) in [6, 6.07) is 18.8. The third-order valence-corrected chi connectivity index (χ3v) is 4.87. The molecule has 1 N–H and O–H groups in total. The Morgan fingerprint density at radius 1 is 0.885 bits per heavy atom. The van der Waals surface area contributed by atoms with E-state index < -0.39 is 0 Å². The largest absolute Gasteiger partial charge is 0.490 e. The van der Waals surface area contributed by atoms with Gasteiger partial charge in [0.15, 0.2) is 11.5 Å². The van der Waals surface area contributed by atoms with E-state index in [2.05, 4.69) is 66.2 Å². The van der Waals surface area contributed by atoms with E-state index in [0.29, 0.717) is 13.2 Å². The zero-order valence-corrected chi connectivity index (χ0v) is 16.1. The fourth-order valence-electron chi connectivity index (χ4n) is 2.76. The monoisotopic (exact) mass is 367 g/mol. The van der Waals surface area contributed by atoms with Crippen LogP contribution in [0.15, 0.2) is 60.0 Å². The smallest absolute Gasteiger partial charge is 0.161 e. The van der Waals surface area contributed by atoms with Crippen molar-refractivity contribution in [2.75, 3.05) is 6.61 Å². The van der Waals surface area contributed by atoms with Crippen LogP contribution in [-0.2, 0) is 19.7 Å². The van der Waals surface area contributed by atoms with Crippen LogP contribution in [0, 0.1) is 6.92 Å². The molecule has 0 aliphatic heterocycles. The van der Waals surface area contributed by atoms with Crippen molar-refractivity contribution < 1.29 is 9.47 Å². The average Bonchev–Trinajstić information content (AvgIpc) is 3.15. The van der Waals surface area contributed by atoms with Crippen LogP contribution in [0.5, 0.6) is 11.5 Å². The van der Waals surface area contributed by atoms with Crippen LogP contribution in [0.3, 0.4) is 0 Å². The Hall–Kier alpha value is -2.30. The number of hydrogen-bond acceptors (Lipinski definition) is 4. The molecule has 0 radical (unpaired) electrons. The molecule has 26 heavy (non-hydrogen) atoms. The molecule has 2 aromatic carbocycles. The van der Waals surface area contributed by atoms with Gasteiger partial charge < -0.3 is 14.8 Å². The first-order valence-corrected chi connectivity index (χ1v) is 9.79. The van der Waals surface area contributed by atoms with Gasteiger partial charge in [-0.2, -0.15) is 0 Å². The first-order chi connectivity index (χ1) is 12.7. The van der Waals surface area contributed by atoms with E-state index in [1.165, 1.54) is 16.0 Å². The Morgan fingerprint density at radius 2 is 1.81 bits per heavy atom. The normalized spacial score (nSPS) is 10.7. The molecule has 0 amide bonds. The van der Waals surface area contributed by atoms with Gasteiger partial charge in [-0.1, -0.05) is 42.0 Å². The van der Waals surface area contributed by atoms with E-state index in [-0.39, 0.29) is 0 Å². The van der Waals surface area contributed by atoms with E-state index in [1.54, 1.807) is 11.3 Å². The molecule has 0 atom stereocenters. The zero-order valence-electron chi connectivity index (χ0n) is 15.3. The number of ether oxygens (including phenoxy) is 2. The topological polar surface area (TPSA) is 30.5 Å². The molecule has 1 heterocycles. The molecule has 0 bridgehead atoms. The Morgan fingerprint density at radius 3 is 2.58 bits per heavy atom. The van der Waals surface area contributed by atoms with Crippen LogP contribution in [-0.4, -0.2) is 6.61 Å². The average molecular weight is 368 g/mol. The lowest BCUT2D eigenvalue weighted by Gasteiger charge is -2.14. The Kier molecular flexibility index (Phi) is 6.69. The molecule has 1 aromatic heterocycles. The van der Waals surface area contributed by atoms with Gasteiger partial charge >= 0.3 is 0 Å². The van der Waals surface area contributed by atoms with E-state index in [4.69, 9.17) is 9.47 Å². The van der Waals surface area contributed by atoms with Gasteiger partial charge in [0.1, 0.15) is 6.61 Å². The SMILES string of the molecule is CCOc1cc(CNCc2cccs2)ccc1OCc1cccc(C)c1. The summed E-state index contributed by atoms with van der Waals surface area (Å²) in [6.07, 6.45) is 0. The number of thiophene rings is 1. The highest BCUT2D eigenvalue weighted by molar-refractivity contribution is 7.09. The maximum Gasteiger partial charge on any atom is 0.161 e. The van der Waals surface area contributed by atoms with Gasteiger partial charge in [0, 0.05) is 18.0 Å². The summed E-state index contributed by atoms with van der Waals surface area (Å²) in [7, 11) is 0. The van der Waals surface area contributed by atoms with Gasteiger partial charge in [-0.25, -0.2) is 0 Å². The summed E-state index contributed by atoms with van der Waals surface area (Å²) in [4.78, 5) is 1.34. The quantitative estimate of drug-likeness (QED) is 0.555. The highest BCUT2D eigenvalue weighted by atomic mass is 32.1. The van der Waals surface area contributed by atoms with Crippen LogP contribution in [0.4, 0.5) is 0 Å².